The van der Waals surface area contributed by atoms with Crippen LogP contribution in [0, 0.1) is 11.8 Å². The first-order chi connectivity index (χ1) is 35.6. The molecule has 15 N–H and O–H groups in total. The molecule has 0 bridgehead atoms. The molecule has 1 saturated heterocycles. The SMILES string of the molecule is CC(C)CCCCC(=O)N[C@H]1COC(=O)[C@H]([C@H](C)CC(=O)O)NC(=O)[C@@H](CCC(N)=O)NC(=O)[C@@H](Cc2ccccc2)N(C)C(=O)[C@H](CC(N)=O)N(C)C(=O)[C@H](CO)NC(=O)[C@H]([C@@H](C)N)NC(=O)[C@H](CC(=O)O)NC1=O. The van der Waals surface area contributed by atoms with Crippen LogP contribution < -0.4 is 49.1 Å². The minimum atomic E-state index is -2.06. The molecule has 422 valence electrons. The van der Waals surface area contributed by atoms with Crippen LogP contribution in [0.2, 0.25) is 0 Å². The molecule has 2 rings (SSSR count). The third-order valence-corrected chi connectivity index (χ3v) is 12.2. The number of carbonyl (C=O) groups is 13. The number of likely N-dealkylation sites (N-methyl/N-ethyl adjacent to an activating group) is 2. The highest BCUT2D eigenvalue weighted by molar-refractivity contribution is 6.00. The molecule has 10 atom stereocenters. The highest BCUT2D eigenvalue weighted by Gasteiger charge is 2.41. The van der Waals surface area contributed by atoms with Gasteiger partial charge in [-0.3, -0.25) is 57.5 Å². The maximum atomic E-state index is 14.5. The van der Waals surface area contributed by atoms with Gasteiger partial charge in [0.15, 0.2) is 0 Å². The van der Waals surface area contributed by atoms with Crippen molar-refractivity contribution in [1.82, 2.24) is 41.7 Å². The number of unbranched alkanes of at least 4 members (excludes halogenated alkanes) is 1. The van der Waals surface area contributed by atoms with Crippen LogP contribution in [0.4, 0.5) is 0 Å². The Morgan fingerprint density at radius 2 is 1.26 bits per heavy atom. The first-order valence-corrected chi connectivity index (χ1v) is 24.5. The fraction of sp³-hybridized carbons (Fsp3) is 0.604. The van der Waals surface area contributed by atoms with Crippen LogP contribution in [-0.4, -0.2) is 184 Å². The molecular weight excluding hydrogens is 1000 g/mol. The molecule has 0 spiro atoms. The number of amides is 10. The Morgan fingerprint density at radius 1 is 0.684 bits per heavy atom. The highest BCUT2D eigenvalue weighted by atomic mass is 16.5. The van der Waals surface area contributed by atoms with Gasteiger partial charge in [0.1, 0.15) is 54.9 Å². The predicted molar refractivity (Wildman–Crippen MR) is 266 cm³/mol. The Balaban J connectivity index is 2.94. The zero-order valence-corrected chi connectivity index (χ0v) is 43.4. The lowest BCUT2D eigenvalue weighted by Crippen LogP contribution is -2.63. The predicted octanol–water partition coefficient (Wildman–Crippen LogP) is -4.37. The highest BCUT2D eigenvalue weighted by Crippen LogP contribution is 2.17. The zero-order chi connectivity index (χ0) is 57.6. The zero-order valence-electron chi connectivity index (χ0n) is 43.4. The molecule has 1 aliphatic rings. The van der Waals surface area contributed by atoms with Crippen molar-refractivity contribution in [2.45, 2.75) is 146 Å². The summed E-state index contributed by atoms with van der Waals surface area (Å²) in [6, 6.07) is -8.25. The monoisotopic (exact) mass is 1080 g/mol. The molecule has 0 unspecified atom stereocenters. The molecule has 1 aromatic carbocycles. The number of cyclic esters (lactones) is 1. The van der Waals surface area contributed by atoms with Gasteiger partial charge in [0, 0.05) is 39.4 Å². The number of carbonyl (C=O) groups excluding carboxylic acids is 11. The molecular formula is C48H73N11O17. The molecule has 10 amide bonds. The van der Waals surface area contributed by atoms with Gasteiger partial charge in [-0.15, -0.1) is 0 Å². The Labute approximate surface area is 438 Å². The van der Waals surface area contributed by atoms with Crippen LogP contribution >= 0.6 is 0 Å². The number of primary amides is 2. The van der Waals surface area contributed by atoms with Gasteiger partial charge in [0.25, 0.3) is 0 Å². The van der Waals surface area contributed by atoms with Crippen molar-refractivity contribution < 1.29 is 82.4 Å². The average molecular weight is 1080 g/mol. The van der Waals surface area contributed by atoms with Crippen molar-refractivity contribution in [3.05, 3.63) is 35.9 Å². The second kappa shape index (κ2) is 31.2. The van der Waals surface area contributed by atoms with Gasteiger partial charge in [0.05, 0.1) is 25.9 Å². The normalized spacial score (nSPS) is 24.0. The number of aliphatic hydroxyl groups is 1. The van der Waals surface area contributed by atoms with E-state index in [0.717, 1.165) is 25.4 Å². The van der Waals surface area contributed by atoms with Crippen molar-refractivity contribution in [3.8, 4) is 0 Å². The van der Waals surface area contributed by atoms with Crippen molar-refractivity contribution >= 4 is 77.0 Å². The van der Waals surface area contributed by atoms with Crippen molar-refractivity contribution in [3.63, 3.8) is 0 Å². The van der Waals surface area contributed by atoms with Gasteiger partial charge in [-0.1, -0.05) is 63.9 Å². The van der Waals surface area contributed by atoms with Crippen LogP contribution in [0.15, 0.2) is 30.3 Å². The quantitative estimate of drug-likeness (QED) is 0.0434. The number of carboxylic acid groups (broad SMARTS) is 2. The van der Waals surface area contributed by atoms with E-state index in [1.807, 2.05) is 13.8 Å². The summed E-state index contributed by atoms with van der Waals surface area (Å²) < 4.78 is 5.44. The summed E-state index contributed by atoms with van der Waals surface area (Å²) in [7, 11) is 2.13. The lowest BCUT2D eigenvalue weighted by atomic mass is 9.97. The molecule has 1 heterocycles. The van der Waals surface area contributed by atoms with E-state index in [9.17, 15) is 77.6 Å². The lowest BCUT2D eigenvalue weighted by molar-refractivity contribution is -0.153. The summed E-state index contributed by atoms with van der Waals surface area (Å²) in [6.07, 6.45) is -2.75. The van der Waals surface area contributed by atoms with E-state index in [1.54, 1.807) is 30.3 Å². The van der Waals surface area contributed by atoms with E-state index in [4.69, 9.17) is 21.9 Å². The van der Waals surface area contributed by atoms with E-state index in [2.05, 4.69) is 31.9 Å². The van der Waals surface area contributed by atoms with E-state index in [1.165, 1.54) is 13.8 Å². The summed E-state index contributed by atoms with van der Waals surface area (Å²) >= 11 is 0. The first-order valence-electron chi connectivity index (χ1n) is 24.5. The van der Waals surface area contributed by atoms with Crippen molar-refractivity contribution in [2.24, 2.45) is 29.0 Å². The summed E-state index contributed by atoms with van der Waals surface area (Å²) in [6.45, 7) is 4.14. The molecule has 0 saturated carbocycles. The van der Waals surface area contributed by atoms with Gasteiger partial charge in [-0.2, -0.15) is 0 Å². The fourth-order valence-corrected chi connectivity index (χ4v) is 7.85. The summed E-state index contributed by atoms with van der Waals surface area (Å²) in [5, 5.41) is 43.6. The molecule has 1 aromatic rings. The Hall–Kier alpha value is -7.75. The van der Waals surface area contributed by atoms with Gasteiger partial charge in [-0.05, 0) is 37.2 Å². The number of benzene rings is 1. The van der Waals surface area contributed by atoms with E-state index < -0.39 is 183 Å². The maximum Gasteiger partial charge on any atom is 0.329 e. The first kappa shape index (κ1) is 64.4. The molecule has 0 aliphatic carbocycles. The third-order valence-electron chi connectivity index (χ3n) is 12.2. The van der Waals surface area contributed by atoms with Crippen LogP contribution in [0.5, 0.6) is 0 Å². The minimum Gasteiger partial charge on any atom is -0.481 e. The number of nitrogens with zero attached hydrogens (tertiary/aromatic N) is 2. The van der Waals surface area contributed by atoms with Crippen LogP contribution in [0.1, 0.15) is 91.0 Å². The number of esters is 1. The number of hydrogen-bond acceptors (Lipinski definition) is 16. The Kier molecular flexibility index (Phi) is 26.4. The molecule has 1 fully saturated rings. The van der Waals surface area contributed by atoms with Gasteiger partial charge in [0.2, 0.25) is 59.1 Å². The number of nitrogens with one attached hydrogen (secondary N) is 6. The minimum absolute atomic E-state index is 0.156. The van der Waals surface area contributed by atoms with Crippen LogP contribution in [-0.2, 0) is 73.5 Å². The third kappa shape index (κ3) is 21.2. The fourth-order valence-electron chi connectivity index (χ4n) is 7.85. The number of ether oxygens (including phenoxy) is 1. The molecule has 0 radical (unpaired) electrons. The standard InChI is InChI=1S/C48H73N11O17/c1-24(2)12-10-11-15-36(63)52-31-23-76-48(75)39(25(3)18-37(64)65)56-41(68)28(16-17-34(50)61)53-44(71)32(19-27-13-8-7-9-14-27)58(5)47(74)33(21-35(51)62)59(6)46(73)30(22-60)55-45(72)40(26(4)49)57-42(69)29(20-38(66)67)54-43(31)70/h7-9,13-14,24-26,28-33,39-40,60H,10-12,15-23,49H2,1-6H3,(H2,50,61)(H2,51,62)(H,52,63)(H,53,71)(H,54,70)(H,55,72)(H,56,68)(H,57,69)(H,64,65)(H,66,67)/t25-,26-,28-,29+,30+,31+,32-,33+,39+,40+/m1/s1. The van der Waals surface area contributed by atoms with Gasteiger partial charge >= 0.3 is 17.9 Å². The smallest absolute Gasteiger partial charge is 0.329 e. The van der Waals surface area contributed by atoms with E-state index in [-0.39, 0.29) is 12.8 Å². The number of aliphatic hydroxyl groups excluding tert-OH is 1. The summed E-state index contributed by atoms with van der Waals surface area (Å²) in [4.78, 5) is 177. The van der Waals surface area contributed by atoms with Crippen LogP contribution in [0.3, 0.4) is 0 Å². The largest absolute Gasteiger partial charge is 0.481 e. The van der Waals surface area contributed by atoms with E-state index in [0.29, 0.717) is 29.2 Å². The van der Waals surface area contributed by atoms with Crippen molar-refractivity contribution in [2.75, 3.05) is 27.3 Å². The van der Waals surface area contributed by atoms with Gasteiger partial charge < -0.3 is 79.0 Å². The second-order valence-electron chi connectivity index (χ2n) is 19.1. The molecule has 0 aromatic heterocycles. The summed E-state index contributed by atoms with van der Waals surface area (Å²) in [5.41, 5.74) is 17.5. The topological polar surface area (TPSA) is 449 Å². The molecule has 28 nitrogen and oxygen atoms in total. The molecule has 1 aliphatic heterocycles. The van der Waals surface area contributed by atoms with Crippen LogP contribution in [0.25, 0.3) is 0 Å². The Morgan fingerprint density at radius 3 is 1.82 bits per heavy atom. The number of carboxylic acids is 2. The molecule has 76 heavy (non-hydrogen) atoms. The number of aliphatic carboxylic acids is 2. The van der Waals surface area contributed by atoms with Crippen molar-refractivity contribution in [1.29, 1.82) is 0 Å². The average Bonchev–Trinajstić information content (AvgIpc) is 3.34. The molecule has 28 heteroatoms. The second-order valence-corrected chi connectivity index (χ2v) is 19.1. The maximum absolute atomic E-state index is 14.5. The van der Waals surface area contributed by atoms with E-state index >= 15 is 0 Å². The Bertz CT molecular complexity index is 2270. The lowest BCUT2D eigenvalue weighted by Gasteiger charge is -2.36. The number of rotatable bonds is 20. The number of hydrogen-bond donors (Lipinski definition) is 12. The van der Waals surface area contributed by atoms with Gasteiger partial charge in [-0.25, -0.2) is 4.79 Å². The summed E-state index contributed by atoms with van der Waals surface area (Å²) in [5.74, 6) is -16.9. The number of nitrogens with two attached hydrogens (primary N) is 3.